The Bertz CT molecular complexity index is 358. The highest BCUT2D eigenvalue weighted by Crippen LogP contribution is 2.20. The van der Waals surface area contributed by atoms with Crippen LogP contribution in [0.3, 0.4) is 0 Å². The van der Waals surface area contributed by atoms with Crippen LogP contribution in [0.25, 0.3) is 0 Å². The number of amides is 1. The average Bonchev–Trinajstić information content (AvgIpc) is 2.51. The minimum Gasteiger partial charge on any atom is -0.349 e. The second-order valence-electron chi connectivity index (χ2n) is 4.15. The topological polar surface area (TPSA) is 32.3 Å². The van der Waals surface area contributed by atoms with E-state index in [1.165, 1.54) is 15.3 Å². The van der Waals surface area contributed by atoms with Crippen molar-refractivity contribution in [2.24, 2.45) is 0 Å². The smallest absolute Gasteiger partial charge is 0.223 e. The molecule has 0 bridgehead atoms. The zero-order valence-corrected chi connectivity index (χ0v) is 11.3. The van der Waals surface area contributed by atoms with Gasteiger partial charge in [0.25, 0.3) is 0 Å². The summed E-state index contributed by atoms with van der Waals surface area (Å²) < 4.78 is 0. The second kappa shape index (κ2) is 6.01. The molecule has 1 heterocycles. The number of hydrogen-bond donors (Lipinski definition) is 1. The van der Waals surface area contributed by atoms with Gasteiger partial charge in [0.1, 0.15) is 0 Å². The van der Waals surface area contributed by atoms with Gasteiger partial charge in [0.2, 0.25) is 5.91 Å². The third-order valence-electron chi connectivity index (χ3n) is 2.47. The van der Waals surface area contributed by atoms with Gasteiger partial charge in [-0.2, -0.15) is 0 Å². The van der Waals surface area contributed by atoms with Crippen LogP contribution in [0.5, 0.6) is 0 Å². The Morgan fingerprint density at radius 2 is 2.12 bits per heavy atom. The SMILES string of the molecule is Cc1cc(CNCCC(=O)N(C)C)c(C)s1. The Morgan fingerprint density at radius 3 is 2.62 bits per heavy atom. The molecule has 1 rings (SSSR count). The Balaban J connectivity index is 2.26. The van der Waals surface area contributed by atoms with Crippen molar-refractivity contribution < 1.29 is 4.79 Å². The van der Waals surface area contributed by atoms with Gasteiger partial charge in [-0.1, -0.05) is 0 Å². The molecular weight excluding hydrogens is 220 g/mol. The highest BCUT2D eigenvalue weighted by molar-refractivity contribution is 7.12. The minimum atomic E-state index is 0.172. The van der Waals surface area contributed by atoms with Crippen LogP contribution in [0, 0.1) is 13.8 Å². The molecular formula is C12H20N2OS. The molecule has 0 unspecified atom stereocenters. The molecule has 90 valence electrons. The number of hydrogen-bond acceptors (Lipinski definition) is 3. The van der Waals surface area contributed by atoms with Gasteiger partial charge < -0.3 is 10.2 Å². The van der Waals surface area contributed by atoms with E-state index in [2.05, 4.69) is 25.2 Å². The van der Waals surface area contributed by atoms with Crippen molar-refractivity contribution in [2.45, 2.75) is 26.8 Å². The van der Waals surface area contributed by atoms with Gasteiger partial charge in [-0.25, -0.2) is 0 Å². The fraction of sp³-hybridized carbons (Fsp3) is 0.583. The van der Waals surface area contributed by atoms with E-state index in [1.807, 2.05) is 11.3 Å². The lowest BCUT2D eigenvalue weighted by atomic mass is 10.2. The minimum absolute atomic E-state index is 0.172. The van der Waals surface area contributed by atoms with Crippen molar-refractivity contribution in [3.05, 3.63) is 21.4 Å². The number of nitrogens with one attached hydrogen (secondary N) is 1. The van der Waals surface area contributed by atoms with Gasteiger partial charge in [0.05, 0.1) is 0 Å². The van der Waals surface area contributed by atoms with E-state index >= 15 is 0 Å². The summed E-state index contributed by atoms with van der Waals surface area (Å²) in [6.07, 6.45) is 0.565. The summed E-state index contributed by atoms with van der Waals surface area (Å²) in [6.45, 7) is 5.86. The summed E-state index contributed by atoms with van der Waals surface area (Å²) in [7, 11) is 3.57. The molecule has 0 aliphatic carbocycles. The van der Waals surface area contributed by atoms with Crippen molar-refractivity contribution >= 4 is 17.2 Å². The van der Waals surface area contributed by atoms with E-state index in [0.29, 0.717) is 6.42 Å². The summed E-state index contributed by atoms with van der Waals surface area (Å²) in [6, 6.07) is 2.21. The lowest BCUT2D eigenvalue weighted by Gasteiger charge is -2.10. The molecule has 0 saturated heterocycles. The van der Waals surface area contributed by atoms with Gasteiger partial charge in [-0.05, 0) is 25.5 Å². The van der Waals surface area contributed by atoms with Crippen LogP contribution in [-0.4, -0.2) is 31.4 Å². The quantitative estimate of drug-likeness (QED) is 0.798. The lowest BCUT2D eigenvalue weighted by Crippen LogP contribution is -2.26. The van der Waals surface area contributed by atoms with Crippen molar-refractivity contribution in [1.82, 2.24) is 10.2 Å². The Hall–Kier alpha value is -0.870. The number of nitrogens with zero attached hydrogens (tertiary/aromatic N) is 1. The van der Waals surface area contributed by atoms with Crippen LogP contribution in [0.2, 0.25) is 0 Å². The number of aryl methyl sites for hydroxylation is 2. The van der Waals surface area contributed by atoms with Crippen LogP contribution in [0.15, 0.2) is 6.07 Å². The fourth-order valence-corrected chi connectivity index (χ4v) is 2.45. The number of thiophene rings is 1. The van der Waals surface area contributed by atoms with E-state index in [-0.39, 0.29) is 5.91 Å². The zero-order valence-electron chi connectivity index (χ0n) is 10.5. The number of carbonyl (C=O) groups excluding carboxylic acids is 1. The lowest BCUT2D eigenvalue weighted by molar-refractivity contribution is -0.128. The molecule has 1 aromatic heterocycles. The summed E-state index contributed by atoms with van der Waals surface area (Å²) >= 11 is 1.82. The molecule has 0 fully saturated rings. The molecule has 16 heavy (non-hydrogen) atoms. The van der Waals surface area contributed by atoms with E-state index in [1.54, 1.807) is 19.0 Å². The van der Waals surface area contributed by atoms with Crippen molar-refractivity contribution in [1.29, 1.82) is 0 Å². The van der Waals surface area contributed by atoms with Crippen molar-refractivity contribution in [3.63, 3.8) is 0 Å². The third kappa shape index (κ3) is 3.94. The molecule has 0 spiro atoms. The summed E-state index contributed by atoms with van der Waals surface area (Å²) in [5.74, 6) is 0.172. The van der Waals surface area contributed by atoms with Crippen LogP contribution < -0.4 is 5.32 Å². The Kier molecular flexibility index (Phi) is 4.96. The molecule has 0 aliphatic heterocycles. The van der Waals surface area contributed by atoms with Gasteiger partial charge in [0.15, 0.2) is 0 Å². The molecule has 1 N–H and O–H groups in total. The van der Waals surface area contributed by atoms with Crippen molar-refractivity contribution in [3.8, 4) is 0 Å². The van der Waals surface area contributed by atoms with E-state index in [4.69, 9.17) is 0 Å². The molecule has 0 aliphatic rings. The highest BCUT2D eigenvalue weighted by atomic mass is 32.1. The Morgan fingerprint density at radius 1 is 1.44 bits per heavy atom. The van der Waals surface area contributed by atoms with Gasteiger partial charge in [0, 0.05) is 43.4 Å². The monoisotopic (exact) mass is 240 g/mol. The molecule has 0 aromatic carbocycles. The first-order chi connectivity index (χ1) is 7.50. The standard InChI is InChI=1S/C12H20N2OS/c1-9-7-11(10(2)16-9)8-13-6-5-12(15)14(3)4/h7,13H,5-6,8H2,1-4H3. The first-order valence-electron chi connectivity index (χ1n) is 5.47. The van der Waals surface area contributed by atoms with Crippen LogP contribution >= 0.6 is 11.3 Å². The second-order valence-corrected chi connectivity index (χ2v) is 5.61. The largest absolute Gasteiger partial charge is 0.349 e. The van der Waals surface area contributed by atoms with Gasteiger partial charge >= 0.3 is 0 Å². The predicted octanol–water partition coefficient (Wildman–Crippen LogP) is 1.93. The maximum absolute atomic E-state index is 11.3. The third-order valence-corrected chi connectivity index (χ3v) is 3.48. The predicted molar refractivity (Wildman–Crippen MR) is 68.8 cm³/mol. The molecule has 4 heteroatoms. The number of rotatable bonds is 5. The molecule has 0 radical (unpaired) electrons. The van der Waals surface area contributed by atoms with Crippen LogP contribution in [-0.2, 0) is 11.3 Å². The Labute approximate surface area is 101 Å². The summed E-state index contributed by atoms with van der Waals surface area (Å²) in [4.78, 5) is 15.7. The first kappa shape index (κ1) is 13.2. The first-order valence-corrected chi connectivity index (χ1v) is 6.29. The maximum atomic E-state index is 11.3. The van der Waals surface area contributed by atoms with E-state index < -0.39 is 0 Å². The maximum Gasteiger partial charge on any atom is 0.223 e. The van der Waals surface area contributed by atoms with Crippen LogP contribution in [0.4, 0.5) is 0 Å². The summed E-state index contributed by atoms with van der Waals surface area (Å²) in [5.41, 5.74) is 1.35. The molecule has 0 atom stereocenters. The highest BCUT2D eigenvalue weighted by Gasteiger charge is 2.04. The molecule has 0 saturated carbocycles. The summed E-state index contributed by atoms with van der Waals surface area (Å²) in [5, 5.41) is 3.30. The molecule has 3 nitrogen and oxygen atoms in total. The zero-order chi connectivity index (χ0) is 12.1. The molecule has 1 amide bonds. The molecule has 1 aromatic rings. The normalized spacial score (nSPS) is 10.5. The van der Waals surface area contributed by atoms with Crippen molar-refractivity contribution in [2.75, 3.05) is 20.6 Å². The van der Waals surface area contributed by atoms with Gasteiger partial charge in [-0.3, -0.25) is 4.79 Å². The van der Waals surface area contributed by atoms with E-state index in [9.17, 15) is 4.79 Å². The van der Waals surface area contributed by atoms with Gasteiger partial charge in [-0.15, -0.1) is 11.3 Å². The fourth-order valence-electron chi connectivity index (χ4n) is 1.50. The average molecular weight is 240 g/mol. The number of carbonyl (C=O) groups is 1. The van der Waals surface area contributed by atoms with E-state index in [0.717, 1.165) is 13.1 Å². The van der Waals surface area contributed by atoms with Crippen LogP contribution in [0.1, 0.15) is 21.7 Å².